The third-order valence-electron chi connectivity index (χ3n) is 8.20. The number of rotatable bonds is 3. The molecule has 0 amide bonds. The van der Waals surface area contributed by atoms with E-state index in [1.54, 1.807) is 18.2 Å². The van der Waals surface area contributed by atoms with E-state index in [2.05, 4.69) is 118 Å². The number of para-hydroxylation sites is 4. The van der Waals surface area contributed by atoms with Crippen molar-refractivity contribution in [2.75, 3.05) is 0 Å². The molecule has 0 N–H and O–H groups in total. The highest BCUT2D eigenvalue weighted by Crippen LogP contribution is 2.41. The smallest absolute Gasteiger partial charge is 0.0998 e. The van der Waals surface area contributed by atoms with Crippen LogP contribution in [0.4, 0.5) is 0 Å². The van der Waals surface area contributed by atoms with Gasteiger partial charge in [0.2, 0.25) is 0 Å². The van der Waals surface area contributed by atoms with Crippen LogP contribution in [0.5, 0.6) is 0 Å². The van der Waals surface area contributed by atoms with Gasteiger partial charge in [-0.15, -0.1) is 0 Å². The van der Waals surface area contributed by atoms with Crippen LogP contribution in [-0.4, -0.2) is 9.13 Å². The molecule has 6 aromatic carbocycles. The van der Waals surface area contributed by atoms with Crippen molar-refractivity contribution < 1.29 is 0 Å². The highest BCUT2D eigenvalue weighted by molar-refractivity contribution is 6.15. The van der Waals surface area contributed by atoms with Crippen LogP contribution in [0, 0.1) is 22.7 Å². The molecule has 0 saturated heterocycles. The largest absolute Gasteiger partial charge is 0.309 e. The minimum Gasteiger partial charge on any atom is -0.309 e. The molecule has 0 unspecified atom stereocenters. The van der Waals surface area contributed by atoms with Gasteiger partial charge in [-0.05, 0) is 48.5 Å². The van der Waals surface area contributed by atoms with Gasteiger partial charge in [-0.1, -0.05) is 84.9 Å². The lowest BCUT2D eigenvalue weighted by molar-refractivity contribution is 1.15. The molecule has 0 radical (unpaired) electrons. The fourth-order valence-corrected chi connectivity index (χ4v) is 6.47. The molecule has 8 rings (SSSR count). The molecular formula is C38H22N4. The van der Waals surface area contributed by atoms with E-state index in [0.29, 0.717) is 16.7 Å². The quantitative estimate of drug-likeness (QED) is 0.227. The fourth-order valence-electron chi connectivity index (χ4n) is 6.47. The molecule has 4 heteroatoms. The van der Waals surface area contributed by atoms with Crippen molar-refractivity contribution in [1.82, 2.24) is 9.13 Å². The summed E-state index contributed by atoms with van der Waals surface area (Å²) in [6.45, 7) is 0. The maximum atomic E-state index is 10.1. The summed E-state index contributed by atoms with van der Waals surface area (Å²) in [5.74, 6) is 0. The second kappa shape index (κ2) is 9.24. The Bertz CT molecular complexity index is 2400. The molecule has 0 spiro atoms. The molecular weight excluding hydrogens is 512 g/mol. The molecule has 0 aliphatic heterocycles. The topological polar surface area (TPSA) is 57.4 Å². The summed E-state index contributed by atoms with van der Waals surface area (Å²) in [4.78, 5) is 0. The second-order valence-corrected chi connectivity index (χ2v) is 10.4. The van der Waals surface area contributed by atoms with Crippen LogP contribution in [0.2, 0.25) is 0 Å². The SMILES string of the molecule is N#Cc1cccc(C#N)c1-c1cccc2c3ccccc3n(-c3ccc4c5ccccc5n(-c5ccccc5)c4c3)c12. The lowest BCUT2D eigenvalue weighted by atomic mass is 9.93. The molecule has 4 nitrogen and oxygen atoms in total. The first-order chi connectivity index (χ1) is 20.8. The highest BCUT2D eigenvalue weighted by atomic mass is 15.0. The molecule has 0 atom stereocenters. The Morgan fingerprint density at radius 2 is 1.00 bits per heavy atom. The van der Waals surface area contributed by atoms with Crippen LogP contribution in [0.25, 0.3) is 66.1 Å². The predicted octanol–water partition coefficient (Wildman–Crippen LogP) is 9.29. The maximum absolute atomic E-state index is 10.1. The van der Waals surface area contributed by atoms with Gasteiger partial charge in [0, 0.05) is 44.0 Å². The van der Waals surface area contributed by atoms with Gasteiger partial charge in [-0.2, -0.15) is 10.5 Å². The van der Waals surface area contributed by atoms with Gasteiger partial charge in [0.15, 0.2) is 0 Å². The predicted molar refractivity (Wildman–Crippen MR) is 170 cm³/mol. The van der Waals surface area contributed by atoms with E-state index < -0.39 is 0 Å². The van der Waals surface area contributed by atoms with E-state index in [9.17, 15) is 10.5 Å². The summed E-state index contributed by atoms with van der Waals surface area (Å²) in [6.07, 6.45) is 0. The zero-order chi connectivity index (χ0) is 28.2. The average Bonchev–Trinajstić information content (AvgIpc) is 3.57. The minimum absolute atomic E-state index is 0.484. The molecule has 194 valence electrons. The van der Waals surface area contributed by atoms with Crippen molar-refractivity contribution in [3.8, 4) is 34.6 Å². The van der Waals surface area contributed by atoms with Gasteiger partial charge in [-0.25, -0.2) is 0 Å². The maximum Gasteiger partial charge on any atom is 0.0998 e. The molecule has 8 aromatic rings. The molecule has 2 aromatic heterocycles. The Hall–Kier alpha value is -6.10. The average molecular weight is 535 g/mol. The van der Waals surface area contributed by atoms with Crippen molar-refractivity contribution >= 4 is 43.6 Å². The van der Waals surface area contributed by atoms with Crippen LogP contribution < -0.4 is 0 Å². The normalized spacial score (nSPS) is 11.3. The minimum atomic E-state index is 0.484. The third kappa shape index (κ3) is 3.33. The van der Waals surface area contributed by atoms with Crippen LogP contribution in [-0.2, 0) is 0 Å². The van der Waals surface area contributed by atoms with Gasteiger partial charge >= 0.3 is 0 Å². The lowest BCUT2D eigenvalue weighted by Gasteiger charge is -2.14. The number of hydrogen-bond acceptors (Lipinski definition) is 2. The summed E-state index contributed by atoms with van der Waals surface area (Å²) in [5.41, 5.74) is 8.90. The van der Waals surface area contributed by atoms with E-state index in [0.717, 1.165) is 49.8 Å². The molecule has 0 saturated carbocycles. The number of fused-ring (bicyclic) bond motifs is 6. The van der Waals surface area contributed by atoms with Gasteiger partial charge in [-0.3, -0.25) is 0 Å². The van der Waals surface area contributed by atoms with Crippen molar-refractivity contribution in [2.24, 2.45) is 0 Å². The van der Waals surface area contributed by atoms with Crippen molar-refractivity contribution in [1.29, 1.82) is 10.5 Å². The zero-order valence-electron chi connectivity index (χ0n) is 22.5. The first-order valence-corrected chi connectivity index (χ1v) is 13.8. The highest BCUT2D eigenvalue weighted by Gasteiger charge is 2.21. The first kappa shape index (κ1) is 23.8. The lowest BCUT2D eigenvalue weighted by Crippen LogP contribution is -1.99. The second-order valence-electron chi connectivity index (χ2n) is 10.4. The van der Waals surface area contributed by atoms with E-state index in [1.165, 1.54) is 10.8 Å². The van der Waals surface area contributed by atoms with Crippen LogP contribution in [0.3, 0.4) is 0 Å². The van der Waals surface area contributed by atoms with Gasteiger partial charge < -0.3 is 9.13 Å². The van der Waals surface area contributed by atoms with Crippen molar-refractivity contribution in [3.05, 3.63) is 145 Å². The molecule has 0 bridgehead atoms. The number of nitriles is 2. The summed E-state index contributed by atoms with van der Waals surface area (Å²) in [6, 6.07) is 50.1. The summed E-state index contributed by atoms with van der Waals surface area (Å²) < 4.78 is 4.60. The third-order valence-corrected chi connectivity index (χ3v) is 8.20. The number of nitrogens with zero attached hydrogens (tertiary/aromatic N) is 4. The van der Waals surface area contributed by atoms with Gasteiger partial charge in [0.05, 0.1) is 45.3 Å². The van der Waals surface area contributed by atoms with Crippen LogP contribution in [0.15, 0.2) is 133 Å². The van der Waals surface area contributed by atoms with Gasteiger partial charge in [0.1, 0.15) is 0 Å². The molecule has 42 heavy (non-hydrogen) atoms. The summed E-state index contributed by atoms with van der Waals surface area (Å²) in [7, 11) is 0. The zero-order valence-corrected chi connectivity index (χ0v) is 22.5. The van der Waals surface area contributed by atoms with E-state index in [1.807, 2.05) is 18.2 Å². The van der Waals surface area contributed by atoms with Crippen LogP contribution in [0.1, 0.15) is 11.1 Å². The number of hydrogen-bond donors (Lipinski definition) is 0. The van der Waals surface area contributed by atoms with Crippen LogP contribution >= 0.6 is 0 Å². The van der Waals surface area contributed by atoms with Crippen molar-refractivity contribution in [2.45, 2.75) is 0 Å². The fraction of sp³-hybridized carbons (Fsp3) is 0. The van der Waals surface area contributed by atoms with E-state index >= 15 is 0 Å². The van der Waals surface area contributed by atoms with E-state index in [4.69, 9.17) is 0 Å². The standard InChI is InChI=1S/C38H22N4/c39-23-25-10-8-11-26(24-40)37(25)33-17-9-16-32-30-15-5-7-19-35(30)42(38(32)33)28-20-21-31-29-14-4-6-18-34(29)41(36(31)22-28)27-12-2-1-3-13-27/h1-22H. The molecule has 2 heterocycles. The molecule has 0 fully saturated rings. The Morgan fingerprint density at radius 1 is 0.429 bits per heavy atom. The van der Waals surface area contributed by atoms with Gasteiger partial charge in [0.25, 0.3) is 0 Å². The van der Waals surface area contributed by atoms with Crippen molar-refractivity contribution in [3.63, 3.8) is 0 Å². The number of aromatic nitrogens is 2. The summed E-state index contributed by atoms with van der Waals surface area (Å²) >= 11 is 0. The monoisotopic (exact) mass is 534 g/mol. The summed E-state index contributed by atoms with van der Waals surface area (Å²) in [5, 5.41) is 24.7. The Morgan fingerprint density at radius 3 is 1.71 bits per heavy atom. The Labute approximate surface area is 242 Å². The number of benzene rings is 6. The first-order valence-electron chi connectivity index (χ1n) is 13.8. The molecule has 0 aliphatic rings. The Kier molecular flexibility index (Phi) is 5.22. The molecule has 0 aliphatic carbocycles. The van der Waals surface area contributed by atoms with E-state index in [-0.39, 0.29) is 0 Å². The Balaban J connectivity index is 1.52.